The lowest BCUT2D eigenvalue weighted by atomic mass is 10.0. The second-order valence-corrected chi connectivity index (χ2v) is 6.95. The molecule has 5 rings (SSSR count). The molecule has 1 saturated carbocycles. The maximum atomic E-state index is 12.4. The predicted molar refractivity (Wildman–Crippen MR) is 103 cm³/mol. The van der Waals surface area contributed by atoms with Gasteiger partial charge in [0.15, 0.2) is 5.82 Å². The van der Waals surface area contributed by atoms with E-state index in [2.05, 4.69) is 30.6 Å². The molecule has 0 atom stereocenters. The van der Waals surface area contributed by atoms with E-state index in [1.54, 1.807) is 6.07 Å². The first-order chi connectivity index (χ1) is 13.8. The molecule has 0 saturated heterocycles. The summed E-state index contributed by atoms with van der Waals surface area (Å²) in [5.41, 5.74) is 2.36. The van der Waals surface area contributed by atoms with Crippen molar-refractivity contribution in [3.05, 3.63) is 53.9 Å². The Labute approximate surface area is 160 Å². The molecule has 4 aromatic rings. The molecule has 1 aliphatic rings. The van der Waals surface area contributed by atoms with Gasteiger partial charge in [-0.3, -0.25) is 15.2 Å². The number of carbonyl (C=O) groups excluding carboxylic acids is 1. The highest BCUT2D eigenvalue weighted by Gasteiger charge is 2.23. The molecule has 0 aliphatic heterocycles. The van der Waals surface area contributed by atoms with Crippen LogP contribution in [0.2, 0.25) is 0 Å². The number of H-pyrrole nitrogens is 1. The normalized spacial score (nSPS) is 14.6. The van der Waals surface area contributed by atoms with E-state index in [0.717, 1.165) is 29.4 Å². The van der Waals surface area contributed by atoms with Crippen LogP contribution in [-0.2, 0) is 0 Å². The molecule has 0 bridgehead atoms. The van der Waals surface area contributed by atoms with E-state index in [1.807, 2.05) is 36.4 Å². The number of hydrogen-bond donors (Lipinski definition) is 2. The number of aromatic amines is 1. The lowest BCUT2D eigenvalue weighted by molar-refractivity contribution is 0.0987. The Hall–Kier alpha value is -3.55. The van der Waals surface area contributed by atoms with Gasteiger partial charge < -0.3 is 4.52 Å². The summed E-state index contributed by atoms with van der Waals surface area (Å²) in [6.07, 6.45) is 4.58. The molecule has 1 amide bonds. The number of anilines is 1. The lowest BCUT2D eigenvalue weighted by Gasteiger charge is -2.00. The Balaban J connectivity index is 1.32. The van der Waals surface area contributed by atoms with E-state index in [9.17, 15) is 4.79 Å². The van der Waals surface area contributed by atoms with Crippen LogP contribution in [0.15, 0.2) is 47.0 Å². The predicted octanol–water partition coefficient (Wildman–Crippen LogP) is 3.92. The number of fused-ring (bicyclic) bond motifs is 1. The van der Waals surface area contributed by atoms with Crippen molar-refractivity contribution in [1.82, 2.24) is 25.3 Å². The second-order valence-electron chi connectivity index (χ2n) is 6.95. The van der Waals surface area contributed by atoms with Crippen LogP contribution >= 0.6 is 0 Å². The molecule has 0 unspecified atom stereocenters. The Kier molecular flexibility index (Phi) is 4.08. The Morgan fingerprint density at radius 3 is 2.86 bits per heavy atom. The van der Waals surface area contributed by atoms with Gasteiger partial charge in [-0.2, -0.15) is 4.98 Å². The summed E-state index contributed by atoms with van der Waals surface area (Å²) in [5, 5.41) is 14.6. The summed E-state index contributed by atoms with van der Waals surface area (Å²) >= 11 is 0. The largest absolute Gasteiger partial charge is 0.351 e. The number of rotatable bonds is 4. The van der Waals surface area contributed by atoms with Gasteiger partial charge in [-0.15, -0.1) is 5.10 Å². The first kappa shape index (κ1) is 16.6. The molecule has 1 aromatic carbocycles. The summed E-state index contributed by atoms with van der Waals surface area (Å²) in [5.74, 6) is 0.768. The number of benzene rings is 1. The van der Waals surface area contributed by atoms with E-state index in [0.29, 0.717) is 17.4 Å². The van der Waals surface area contributed by atoms with Crippen molar-refractivity contribution in [3.63, 3.8) is 0 Å². The van der Waals surface area contributed by atoms with E-state index >= 15 is 0 Å². The zero-order valence-corrected chi connectivity index (χ0v) is 15.1. The van der Waals surface area contributed by atoms with Gasteiger partial charge in [0.25, 0.3) is 5.91 Å². The number of carbonyl (C=O) groups is 1. The minimum absolute atomic E-state index is 0.161. The minimum atomic E-state index is -0.422. The molecule has 0 radical (unpaired) electrons. The van der Waals surface area contributed by atoms with Crippen molar-refractivity contribution in [3.8, 4) is 11.5 Å². The van der Waals surface area contributed by atoms with E-state index in [4.69, 9.17) is 4.52 Å². The van der Waals surface area contributed by atoms with Crippen molar-refractivity contribution in [1.29, 1.82) is 0 Å². The number of hydrogen-bond acceptors (Lipinski definition) is 6. The highest BCUT2D eigenvalue weighted by atomic mass is 16.5. The van der Waals surface area contributed by atoms with Crippen LogP contribution in [0.5, 0.6) is 0 Å². The number of para-hydroxylation sites is 1. The third kappa shape index (κ3) is 3.13. The fraction of sp³-hybridized carbons (Fsp3) is 0.250. The second kappa shape index (κ2) is 6.88. The highest BCUT2D eigenvalue weighted by molar-refractivity contribution is 6.01. The molecule has 8 heteroatoms. The summed E-state index contributed by atoms with van der Waals surface area (Å²) in [4.78, 5) is 21.3. The van der Waals surface area contributed by atoms with Crippen LogP contribution in [0.3, 0.4) is 0 Å². The molecule has 8 nitrogen and oxygen atoms in total. The number of nitrogens with one attached hydrogen (secondary N) is 2. The monoisotopic (exact) mass is 374 g/mol. The van der Waals surface area contributed by atoms with Crippen LogP contribution in [0, 0.1) is 0 Å². The summed E-state index contributed by atoms with van der Waals surface area (Å²) in [7, 11) is 0. The Morgan fingerprint density at radius 2 is 1.96 bits per heavy atom. The summed E-state index contributed by atoms with van der Waals surface area (Å²) in [6.45, 7) is 0. The van der Waals surface area contributed by atoms with Crippen molar-refractivity contribution in [2.45, 2.75) is 31.6 Å². The average Bonchev–Trinajstić information content (AvgIpc) is 3.48. The number of amides is 1. The number of pyridine rings is 1. The minimum Gasteiger partial charge on any atom is -0.351 e. The van der Waals surface area contributed by atoms with Gasteiger partial charge in [-0.05, 0) is 25.0 Å². The molecular weight excluding hydrogens is 356 g/mol. The first-order valence-electron chi connectivity index (χ1n) is 9.33. The van der Waals surface area contributed by atoms with Crippen molar-refractivity contribution in [2.24, 2.45) is 0 Å². The van der Waals surface area contributed by atoms with Gasteiger partial charge in [-0.1, -0.05) is 42.3 Å². The van der Waals surface area contributed by atoms with Crippen molar-refractivity contribution in [2.75, 3.05) is 5.32 Å². The molecule has 0 spiro atoms. The van der Waals surface area contributed by atoms with Gasteiger partial charge >= 0.3 is 0 Å². The number of nitrogens with zero attached hydrogens (tertiary/aromatic N) is 4. The molecule has 2 N–H and O–H groups in total. The summed E-state index contributed by atoms with van der Waals surface area (Å²) in [6, 6.07) is 13.4. The Morgan fingerprint density at radius 1 is 1.11 bits per heavy atom. The standard InChI is InChI=1S/C20H18N6O2/c27-19(17-11-16(26-28-17)12-5-1-2-6-12)23-20-22-18(24-25-20)15-10-9-13-7-3-4-8-14(13)21-15/h3-4,7-12H,1-2,5-6H2,(H2,22,23,24,25,27). The van der Waals surface area contributed by atoms with E-state index in [-0.39, 0.29) is 11.7 Å². The van der Waals surface area contributed by atoms with E-state index in [1.165, 1.54) is 12.8 Å². The van der Waals surface area contributed by atoms with Gasteiger partial charge in [0.05, 0.1) is 11.2 Å². The summed E-state index contributed by atoms with van der Waals surface area (Å²) < 4.78 is 5.21. The molecule has 3 aromatic heterocycles. The third-order valence-electron chi connectivity index (χ3n) is 5.08. The Bertz CT molecular complexity index is 1140. The van der Waals surface area contributed by atoms with Crippen molar-refractivity contribution >= 4 is 22.8 Å². The molecule has 3 heterocycles. The van der Waals surface area contributed by atoms with E-state index < -0.39 is 5.91 Å². The SMILES string of the molecule is O=C(Nc1n[nH]c(-c2ccc3ccccc3n2)n1)c1cc(C2CCCC2)no1. The van der Waals surface area contributed by atoms with Crippen LogP contribution in [0.1, 0.15) is 47.8 Å². The van der Waals surface area contributed by atoms with Gasteiger partial charge in [0, 0.05) is 17.4 Å². The van der Waals surface area contributed by atoms with Crippen LogP contribution in [-0.4, -0.2) is 31.2 Å². The molecular formula is C20H18N6O2. The molecule has 1 aliphatic carbocycles. The molecule has 1 fully saturated rings. The van der Waals surface area contributed by atoms with Crippen molar-refractivity contribution < 1.29 is 9.32 Å². The van der Waals surface area contributed by atoms with Gasteiger partial charge in [0.1, 0.15) is 5.69 Å². The van der Waals surface area contributed by atoms with Crippen LogP contribution < -0.4 is 5.32 Å². The lowest BCUT2D eigenvalue weighted by Crippen LogP contribution is -2.12. The highest BCUT2D eigenvalue weighted by Crippen LogP contribution is 2.33. The van der Waals surface area contributed by atoms with Gasteiger partial charge in [0.2, 0.25) is 11.7 Å². The third-order valence-corrected chi connectivity index (χ3v) is 5.08. The maximum Gasteiger partial charge on any atom is 0.296 e. The molecule has 28 heavy (non-hydrogen) atoms. The van der Waals surface area contributed by atoms with Crippen LogP contribution in [0.4, 0.5) is 5.95 Å². The van der Waals surface area contributed by atoms with Gasteiger partial charge in [-0.25, -0.2) is 4.98 Å². The zero-order chi connectivity index (χ0) is 18.9. The number of aromatic nitrogens is 5. The molecule has 140 valence electrons. The smallest absolute Gasteiger partial charge is 0.296 e. The maximum absolute atomic E-state index is 12.4. The average molecular weight is 374 g/mol. The topological polar surface area (TPSA) is 110 Å². The first-order valence-corrected chi connectivity index (χ1v) is 9.33. The fourth-order valence-corrected chi connectivity index (χ4v) is 3.60. The van der Waals surface area contributed by atoms with Crippen LogP contribution in [0.25, 0.3) is 22.4 Å². The quantitative estimate of drug-likeness (QED) is 0.560. The fourth-order valence-electron chi connectivity index (χ4n) is 3.60. The zero-order valence-electron chi connectivity index (χ0n) is 15.1.